The van der Waals surface area contributed by atoms with Gasteiger partial charge in [0.2, 0.25) is 0 Å². The molecule has 106 valence electrons. The SMILES string of the molecule is COCC(CCO)NC(=O)COc1ccccc1F. The van der Waals surface area contributed by atoms with Gasteiger partial charge in [-0.25, -0.2) is 4.39 Å². The molecule has 1 amide bonds. The Morgan fingerprint density at radius 1 is 1.47 bits per heavy atom. The normalized spacial score (nSPS) is 11.9. The van der Waals surface area contributed by atoms with Crippen LogP contribution in [0.2, 0.25) is 0 Å². The molecule has 0 aliphatic heterocycles. The number of nitrogens with one attached hydrogen (secondary N) is 1. The fourth-order valence-corrected chi connectivity index (χ4v) is 1.53. The molecule has 2 N–H and O–H groups in total. The van der Waals surface area contributed by atoms with Crippen LogP contribution in [0.4, 0.5) is 4.39 Å². The Balaban J connectivity index is 2.40. The average Bonchev–Trinajstić information content (AvgIpc) is 2.38. The molecular weight excluding hydrogens is 253 g/mol. The molecule has 1 rings (SSSR count). The number of hydrogen-bond donors (Lipinski definition) is 2. The van der Waals surface area contributed by atoms with E-state index in [1.54, 1.807) is 6.07 Å². The van der Waals surface area contributed by atoms with Gasteiger partial charge >= 0.3 is 0 Å². The molecule has 0 radical (unpaired) electrons. The van der Waals surface area contributed by atoms with Crippen molar-refractivity contribution in [2.24, 2.45) is 0 Å². The number of rotatable bonds is 8. The predicted molar refractivity (Wildman–Crippen MR) is 67.4 cm³/mol. The van der Waals surface area contributed by atoms with Crippen LogP contribution in [0.3, 0.4) is 0 Å². The van der Waals surface area contributed by atoms with Gasteiger partial charge in [0, 0.05) is 13.7 Å². The molecule has 1 atom stereocenters. The van der Waals surface area contributed by atoms with Crippen LogP contribution in [0.25, 0.3) is 0 Å². The van der Waals surface area contributed by atoms with Gasteiger partial charge in [-0.15, -0.1) is 0 Å². The highest BCUT2D eigenvalue weighted by molar-refractivity contribution is 5.77. The third kappa shape index (κ3) is 5.67. The lowest BCUT2D eigenvalue weighted by Crippen LogP contribution is -2.41. The first-order valence-electron chi connectivity index (χ1n) is 5.94. The maximum Gasteiger partial charge on any atom is 0.258 e. The summed E-state index contributed by atoms with van der Waals surface area (Å²) in [6.45, 7) is -0.0406. The van der Waals surface area contributed by atoms with Crippen molar-refractivity contribution in [1.29, 1.82) is 0 Å². The van der Waals surface area contributed by atoms with Crippen LogP contribution in [-0.2, 0) is 9.53 Å². The molecular formula is C13H18FNO4. The lowest BCUT2D eigenvalue weighted by molar-refractivity contribution is -0.124. The van der Waals surface area contributed by atoms with Gasteiger partial charge < -0.3 is 19.9 Å². The molecule has 0 aliphatic rings. The highest BCUT2D eigenvalue weighted by Gasteiger charge is 2.12. The van der Waals surface area contributed by atoms with Crippen molar-refractivity contribution in [2.75, 3.05) is 26.9 Å². The summed E-state index contributed by atoms with van der Waals surface area (Å²) in [5.41, 5.74) is 0. The summed E-state index contributed by atoms with van der Waals surface area (Å²) in [5.74, 6) is -0.874. The molecule has 6 heteroatoms. The Morgan fingerprint density at radius 2 is 2.21 bits per heavy atom. The number of benzene rings is 1. The topological polar surface area (TPSA) is 67.8 Å². The fraction of sp³-hybridized carbons (Fsp3) is 0.462. The molecule has 0 bridgehead atoms. The molecule has 1 aromatic rings. The van der Waals surface area contributed by atoms with E-state index in [0.29, 0.717) is 13.0 Å². The van der Waals surface area contributed by atoms with E-state index < -0.39 is 11.7 Å². The monoisotopic (exact) mass is 271 g/mol. The molecule has 0 saturated carbocycles. The van der Waals surface area contributed by atoms with Crippen LogP contribution in [0.15, 0.2) is 24.3 Å². The zero-order chi connectivity index (χ0) is 14.1. The van der Waals surface area contributed by atoms with Gasteiger partial charge in [-0.05, 0) is 18.6 Å². The molecule has 1 unspecified atom stereocenters. The van der Waals surface area contributed by atoms with Crippen molar-refractivity contribution in [1.82, 2.24) is 5.32 Å². The van der Waals surface area contributed by atoms with Crippen molar-refractivity contribution < 1.29 is 23.8 Å². The number of halogens is 1. The fourth-order valence-electron chi connectivity index (χ4n) is 1.53. The Hall–Kier alpha value is -1.66. The smallest absolute Gasteiger partial charge is 0.258 e. The van der Waals surface area contributed by atoms with E-state index in [4.69, 9.17) is 14.6 Å². The van der Waals surface area contributed by atoms with Gasteiger partial charge in [0.25, 0.3) is 5.91 Å². The summed E-state index contributed by atoms with van der Waals surface area (Å²) >= 11 is 0. The first-order chi connectivity index (χ1) is 9.17. The molecule has 5 nitrogen and oxygen atoms in total. The predicted octanol–water partition coefficient (Wildman–Crippen LogP) is 0.718. The van der Waals surface area contributed by atoms with Gasteiger partial charge in [0.05, 0.1) is 12.6 Å². The van der Waals surface area contributed by atoms with Crippen molar-refractivity contribution in [3.8, 4) is 5.75 Å². The zero-order valence-electron chi connectivity index (χ0n) is 10.8. The number of ether oxygens (including phenoxy) is 2. The van der Waals surface area contributed by atoms with Crippen molar-refractivity contribution in [2.45, 2.75) is 12.5 Å². The number of carbonyl (C=O) groups is 1. The Labute approximate surface area is 111 Å². The second-order valence-corrected chi connectivity index (χ2v) is 3.95. The lowest BCUT2D eigenvalue weighted by Gasteiger charge is -2.17. The summed E-state index contributed by atoms with van der Waals surface area (Å²) in [6, 6.07) is 5.58. The first-order valence-corrected chi connectivity index (χ1v) is 5.94. The number of methoxy groups -OCH3 is 1. The molecule has 0 spiro atoms. The van der Waals surface area contributed by atoms with E-state index in [9.17, 15) is 9.18 Å². The summed E-state index contributed by atoms with van der Waals surface area (Å²) in [4.78, 5) is 11.6. The van der Waals surface area contributed by atoms with E-state index in [1.165, 1.54) is 25.3 Å². The van der Waals surface area contributed by atoms with E-state index in [0.717, 1.165) is 0 Å². The van der Waals surface area contributed by atoms with Crippen LogP contribution in [-0.4, -0.2) is 44.0 Å². The molecule has 0 fully saturated rings. The maximum atomic E-state index is 13.2. The van der Waals surface area contributed by atoms with Crippen LogP contribution in [0.5, 0.6) is 5.75 Å². The third-order valence-corrected chi connectivity index (χ3v) is 2.41. The summed E-state index contributed by atoms with van der Waals surface area (Å²) in [6.07, 6.45) is 0.388. The Kier molecular flexibility index (Phi) is 6.84. The van der Waals surface area contributed by atoms with E-state index >= 15 is 0 Å². The number of para-hydroxylation sites is 1. The largest absolute Gasteiger partial charge is 0.481 e. The minimum absolute atomic E-state index is 0.0306. The second-order valence-electron chi connectivity index (χ2n) is 3.95. The van der Waals surface area contributed by atoms with Gasteiger partial charge in [0.15, 0.2) is 18.2 Å². The molecule has 0 saturated heterocycles. The number of aliphatic hydroxyl groups excluding tert-OH is 1. The molecule has 1 aromatic carbocycles. The number of carbonyl (C=O) groups excluding carboxylic acids is 1. The van der Waals surface area contributed by atoms with E-state index in [2.05, 4.69) is 5.32 Å². The third-order valence-electron chi connectivity index (χ3n) is 2.41. The second kappa shape index (κ2) is 8.44. The number of aliphatic hydroxyl groups is 1. The average molecular weight is 271 g/mol. The maximum absolute atomic E-state index is 13.2. The Bertz CT molecular complexity index is 394. The molecule has 0 aliphatic carbocycles. The van der Waals surface area contributed by atoms with E-state index in [-0.39, 0.29) is 25.0 Å². The van der Waals surface area contributed by atoms with Crippen LogP contribution in [0.1, 0.15) is 6.42 Å². The van der Waals surface area contributed by atoms with Crippen molar-refractivity contribution >= 4 is 5.91 Å². The number of amides is 1. The summed E-state index contributed by atoms with van der Waals surface area (Å²) in [7, 11) is 1.51. The van der Waals surface area contributed by atoms with Crippen molar-refractivity contribution in [3.05, 3.63) is 30.1 Å². The van der Waals surface area contributed by atoms with Crippen LogP contribution < -0.4 is 10.1 Å². The molecule has 0 heterocycles. The van der Waals surface area contributed by atoms with Gasteiger partial charge in [-0.3, -0.25) is 4.79 Å². The first kappa shape index (κ1) is 15.4. The molecule has 19 heavy (non-hydrogen) atoms. The minimum atomic E-state index is -0.515. The van der Waals surface area contributed by atoms with Crippen LogP contribution >= 0.6 is 0 Å². The Morgan fingerprint density at radius 3 is 2.84 bits per heavy atom. The standard InChI is InChI=1S/C13H18FNO4/c1-18-8-10(6-7-16)15-13(17)9-19-12-5-3-2-4-11(12)14/h2-5,10,16H,6-9H2,1H3,(H,15,17). The summed E-state index contributed by atoms with van der Waals surface area (Å²) in [5, 5.41) is 11.5. The van der Waals surface area contributed by atoms with Gasteiger partial charge in [-0.1, -0.05) is 12.1 Å². The number of hydrogen-bond acceptors (Lipinski definition) is 4. The van der Waals surface area contributed by atoms with E-state index in [1.807, 2.05) is 0 Å². The minimum Gasteiger partial charge on any atom is -0.481 e. The van der Waals surface area contributed by atoms with Crippen LogP contribution in [0, 0.1) is 5.82 Å². The molecule has 0 aromatic heterocycles. The van der Waals surface area contributed by atoms with Gasteiger partial charge in [0.1, 0.15) is 0 Å². The highest BCUT2D eigenvalue weighted by Crippen LogP contribution is 2.14. The van der Waals surface area contributed by atoms with Crippen molar-refractivity contribution in [3.63, 3.8) is 0 Å². The quantitative estimate of drug-likeness (QED) is 0.731. The highest BCUT2D eigenvalue weighted by atomic mass is 19.1. The van der Waals surface area contributed by atoms with Gasteiger partial charge in [-0.2, -0.15) is 0 Å². The zero-order valence-corrected chi connectivity index (χ0v) is 10.8. The lowest BCUT2D eigenvalue weighted by atomic mass is 10.2. The summed E-state index contributed by atoms with van der Waals surface area (Å²) < 4.78 is 23.2.